The van der Waals surface area contributed by atoms with Crippen molar-refractivity contribution in [2.75, 3.05) is 23.3 Å². The van der Waals surface area contributed by atoms with E-state index in [0.717, 1.165) is 47.5 Å². The summed E-state index contributed by atoms with van der Waals surface area (Å²) < 4.78 is 0. The zero-order valence-electron chi connectivity index (χ0n) is 15.1. The number of primary amides is 1. The van der Waals surface area contributed by atoms with Gasteiger partial charge in [-0.25, -0.2) is 4.98 Å². The fourth-order valence-electron chi connectivity index (χ4n) is 3.50. The minimum absolute atomic E-state index is 0.0495. The van der Waals surface area contributed by atoms with E-state index in [9.17, 15) is 4.79 Å². The van der Waals surface area contributed by atoms with E-state index in [2.05, 4.69) is 44.5 Å². The minimum Gasteiger partial charge on any atom is -0.371 e. The molecule has 1 fully saturated rings. The number of nitrogens with one attached hydrogen (secondary N) is 1. The number of para-hydroxylation sites is 2. The Morgan fingerprint density at radius 1 is 1.15 bits per heavy atom. The van der Waals surface area contributed by atoms with E-state index in [4.69, 9.17) is 5.73 Å². The number of fused-ring (bicyclic) bond motifs is 1. The maximum Gasteiger partial charge on any atom is 0.222 e. The highest BCUT2D eigenvalue weighted by atomic mass is 16.1. The molecule has 1 aliphatic rings. The van der Waals surface area contributed by atoms with Crippen LogP contribution in [0.15, 0.2) is 54.7 Å². The molecular formula is C21H23N5O. The third-order valence-corrected chi connectivity index (χ3v) is 5.05. The fraction of sp³-hybridized carbons (Fsp3) is 0.286. The van der Waals surface area contributed by atoms with Gasteiger partial charge in [-0.1, -0.05) is 24.3 Å². The lowest BCUT2D eigenvalue weighted by molar-refractivity contribution is -0.122. The first kappa shape index (κ1) is 17.3. The number of hydrogen-bond acceptors (Lipinski definition) is 5. The van der Waals surface area contributed by atoms with Crippen LogP contribution in [0.4, 0.5) is 11.5 Å². The SMILES string of the molecule is NC(=O)C1CCCN(c2ccc(CNc3cnc4ccccc4n3)cc2)C1. The summed E-state index contributed by atoms with van der Waals surface area (Å²) in [6.07, 6.45) is 3.65. The third kappa shape index (κ3) is 4.00. The number of rotatable bonds is 5. The Bertz CT molecular complexity index is 941. The number of amides is 1. The molecule has 1 aliphatic heterocycles. The van der Waals surface area contributed by atoms with Crippen molar-refractivity contribution in [1.29, 1.82) is 0 Å². The van der Waals surface area contributed by atoms with Crippen molar-refractivity contribution in [1.82, 2.24) is 9.97 Å². The van der Waals surface area contributed by atoms with Gasteiger partial charge in [0.2, 0.25) is 5.91 Å². The Morgan fingerprint density at radius 3 is 2.70 bits per heavy atom. The van der Waals surface area contributed by atoms with Gasteiger partial charge in [0.05, 0.1) is 23.1 Å². The molecule has 3 aromatic rings. The standard InChI is InChI=1S/C21H23N5O/c22-21(27)16-4-3-11-26(14-16)17-9-7-15(8-10-17)12-24-20-13-23-18-5-1-2-6-19(18)25-20/h1-2,5-10,13,16H,3-4,11-12,14H2,(H2,22,27)(H,24,25). The van der Waals surface area contributed by atoms with Crippen LogP contribution in [-0.4, -0.2) is 29.0 Å². The summed E-state index contributed by atoms with van der Waals surface area (Å²) in [6, 6.07) is 16.2. The summed E-state index contributed by atoms with van der Waals surface area (Å²) >= 11 is 0. The van der Waals surface area contributed by atoms with Gasteiger partial charge >= 0.3 is 0 Å². The second-order valence-electron chi connectivity index (χ2n) is 6.95. The molecule has 0 spiro atoms. The van der Waals surface area contributed by atoms with Crippen molar-refractivity contribution in [3.05, 3.63) is 60.3 Å². The van der Waals surface area contributed by atoms with Gasteiger partial charge in [0, 0.05) is 25.3 Å². The van der Waals surface area contributed by atoms with Crippen molar-refractivity contribution >= 4 is 28.4 Å². The Morgan fingerprint density at radius 2 is 1.93 bits per heavy atom. The Labute approximate surface area is 158 Å². The highest BCUT2D eigenvalue weighted by Crippen LogP contribution is 2.23. The molecule has 3 N–H and O–H groups in total. The van der Waals surface area contributed by atoms with Gasteiger partial charge in [-0.3, -0.25) is 9.78 Å². The first-order valence-corrected chi connectivity index (χ1v) is 9.28. The van der Waals surface area contributed by atoms with Crippen LogP contribution in [0, 0.1) is 5.92 Å². The first-order valence-electron chi connectivity index (χ1n) is 9.28. The number of piperidine rings is 1. The van der Waals surface area contributed by atoms with Gasteiger partial charge in [-0.15, -0.1) is 0 Å². The van der Waals surface area contributed by atoms with E-state index in [1.54, 1.807) is 6.20 Å². The average Bonchev–Trinajstić information content (AvgIpc) is 2.72. The monoisotopic (exact) mass is 361 g/mol. The molecule has 0 aliphatic carbocycles. The second kappa shape index (κ2) is 7.61. The van der Waals surface area contributed by atoms with Gasteiger partial charge in [0.15, 0.2) is 0 Å². The molecule has 2 heterocycles. The maximum absolute atomic E-state index is 11.5. The lowest BCUT2D eigenvalue weighted by Crippen LogP contribution is -2.41. The summed E-state index contributed by atoms with van der Waals surface area (Å²) in [5.41, 5.74) is 9.55. The third-order valence-electron chi connectivity index (χ3n) is 5.05. The summed E-state index contributed by atoms with van der Waals surface area (Å²) in [4.78, 5) is 22.7. The zero-order valence-corrected chi connectivity index (χ0v) is 15.1. The van der Waals surface area contributed by atoms with Crippen LogP contribution >= 0.6 is 0 Å². The zero-order chi connectivity index (χ0) is 18.6. The maximum atomic E-state index is 11.5. The molecule has 6 nitrogen and oxygen atoms in total. The molecular weight excluding hydrogens is 338 g/mol. The highest BCUT2D eigenvalue weighted by Gasteiger charge is 2.23. The van der Waals surface area contributed by atoms with E-state index < -0.39 is 0 Å². The van der Waals surface area contributed by atoms with Crippen LogP contribution in [0.25, 0.3) is 11.0 Å². The van der Waals surface area contributed by atoms with Crippen LogP contribution in [0.3, 0.4) is 0 Å². The normalized spacial score (nSPS) is 17.0. The van der Waals surface area contributed by atoms with Crippen molar-refractivity contribution in [3.8, 4) is 0 Å². The highest BCUT2D eigenvalue weighted by molar-refractivity contribution is 5.77. The minimum atomic E-state index is -0.197. The number of anilines is 2. The predicted octanol–water partition coefficient (Wildman–Crippen LogP) is 2.94. The molecule has 6 heteroatoms. The number of aromatic nitrogens is 2. The molecule has 0 bridgehead atoms. The summed E-state index contributed by atoms with van der Waals surface area (Å²) in [6.45, 7) is 2.35. The van der Waals surface area contributed by atoms with Gasteiger partial charge in [-0.05, 0) is 42.7 Å². The molecule has 0 radical (unpaired) electrons. The van der Waals surface area contributed by atoms with E-state index in [0.29, 0.717) is 13.1 Å². The van der Waals surface area contributed by atoms with E-state index in [-0.39, 0.29) is 11.8 Å². The van der Waals surface area contributed by atoms with Crippen LogP contribution in [0.2, 0.25) is 0 Å². The van der Waals surface area contributed by atoms with Crippen molar-refractivity contribution < 1.29 is 4.79 Å². The lowest BCUT2D eigenvalue weighted by Gasteiger charge is -2.33. The molecule has 1 unspecified atom stereocenters. The lowest BCUT2D eigenvalue weighted by atomic mass is 9.97. The first-order chi connectivity index (χ1) is 13.2. The van der Waals surface area contributed by atoms with Crippen LogP contribution < -0.4 is 16.0 Å². The smallest absolute Gasteiger partial charge is 0.222 e. The molecule has 0 saturated carbocycles. The van der Waals surface area contributed by atoms with Crippen LogP contribution in [0.5, 0.6) is 0 Å². The second-order valence-corrected chi connectivity index (χ2v) is 6.95. The quantitative estimate of drug-likeness (QED) is 0.730. The molecule has 1 atom stereocenters. The van der Waals surface area contributed by atoms with Gasteiger partial charge in [0.25, 0.3) is 0 Å². The summed E-state index contributed by atoms with van der Waals surface area (Å²) in [5, 5.41) is 3.33. The number of carbonyl (C=O) groups is 1. The molecule has 138 valence electrons. The van der Waals surface area contributed by atoms with E-state index >= 15 is 0 Å². The van der Waals surface area contributed by atoms with Crippen molar-refractivity contribution in [2.24, 2.45) is 11.7 Å². The number of nitrogens with two attached hydrogens (primary N) is 1. The van der Waals surface area contributed by atoms with Crippen LogP contribution in [0.1, 0.15) is 18.4 Å². The molecule has 1 aromatic heterocycles. The molecule has 4 rings (SSSR count). The number of nitrogens with zero attached hydrogens (tertiary/aromatic N) is 3. The van der Waals surface area contributed by atoms with Gasteiger partial charge in [-0.2, -0.15) is 0 Å². The van der Waals surface area contributed by atoms with Gasteiger partial charge < -0.3 is 16.0 Å². The van der Waals surface area contributed by atoms with E-state index in [1.165, 1.54) is 0 Å². The fourth-order valence-corrected chi connectivity index (χ4v) is 3.50. The summed E-state index contributed by atoms with van der Waals surface area (Å²) in [5.74, 6) is 0.515. The molecule has 2 aromatic carbocycles. The van der Waals surface area contributed by atoms with Crippen molar-refractivity contribution in [3.63, 3.8) is 0 Å². The van der Waals surface area contributed by atoms with Gasteiger partial charge in [0.1, 0.15) is 5.82 Å². The predicted molar refractivity (Wildman–Crippen MR) is 107 cm³/mol. The largest absolute Gasteiger partial charge is 0.371 e. The molecule has 27 heavy (non-hydrogen) atoms. The average molecular weight is 361 g/mol. The summed E-state index contributed by atoms with van der Waals surface area (Å²) in [7, 11) is 0. The number of hydrogen-bond donors (Lipinski definition) is 2. The van der Waals surface area contributed by atoms with Crippen LogP contribution in [-0.2, 0) is 11.3 Å². The Hall–Kier alpha value is -3.15. The molecule has 1 saturated heterocycles. The van der Waals surface area contributed by atoms with Crippen molar-refractivity contribution in [2.45, 2.75) is 19.4 Å². The molecule has 1 amide bonds. The number of carbonyl (C=O) groups excluding carboxylic acids is 1. The Kier molecular flexibility index (Phi) is 4.87. The number of benzene rings is 2. The van der Waals surface area contributed by atoms with E-state index in [1.807, 2.05) is 24.3 Å². The Balaban J connectivity index is 1.39. The topological polar surface area (TPSA) is 84.1 Å².